The van der Waals surface area contributed by atoms with E-state index in [9.17, 15) is 4.39 Å². The fourth-order valence-corrected chi connectivity index (χ4v) is 2.02. The number of rotatable bonds is 4. The van der Waals surface area contributed by atoms with E-state index in [0.717, 1.165) is 38.4 Å². The second kappa shape index (κ2) is 6.10. The minimum absolute atomic E-state index is 0.0369. The van der Waals surface area contributed by atoms with Gasteiger partial charge in [0.05, 0.1) is 19.8 Å². The van der Waals surface area contributed by atoms with E-state index in [1.165, 1.54) is 6.07 Å². The number of aliphatic hydroxyl groups is 1. The van der Waals surface area contributed by atoms with Gasteiger partial charge in [0, 0.05) is 19.6 Å². The van der Waals surface area contributed by atoms with E-state index in [2.05, 4.69) is 4.90 Å². The van der Waals surface area contributed by atoms with E-state index in [1.54, 1.807) is 12.1 Å². The molecule has 0 atom stereocenters. The smallest absolute Gasteiger partial charge is 0.126 e. The predicted molar refractivity (Wildman–Crippen MR) is 63.3 cm³/mol. The molecule has 0 unspecified atom stereocenters. The van der Waals surface area contributed by atoms with Crippen molar-refractivity contribution in [1.29, 1.82) is 0 Å². The molecule has 1 aliphatic heterocycles. The monoisotopic (exact) mass is 239 g/mol. The van der Waals surface area contributed by atoms with Crippen LogP contribution in [0.2, 0.25) is 0 Å². The molecule has 3 nitrogen and oxygen atoms in total. The predicted octanol–water partition coefficient (Wildman–Crippen LogP) is 1.19. The highest BCUT2D eigenvalue weighted by Crippen LogP contribution is 2.12. The molecule has 1 N–H and O–H groups in total. The van der Waals surface area contributed by atoms with Crippen molar-refractivity contribution in [2.24, 2.45) is 0 Å². The molecule has 0 amide bonds. The van der Waals surface area contributed by atoms with E-state index in [1.807, 2.05) is 0 Å². The summed E-state index contributed by atoms with van der Waals surface area (Å²) in [6, 6.07) is 4.80. The van der Waals surface area contributed by atoms with Crippen molar-refractivity contribution < 1.29 is 14.2 Å². The summed E-state index contributed by atoms with van der Waals surface area (Å²) in [4.78, 5) is 2.27. The summed E-state index contributed by atoms with van der Waals surface area (Å²) in [6.45, 7) is 4.17. The number of aliphatic hydroxyl groups excluding tert-OH is 1. The lowest BCUT2D eigenvalue weighted by Crippen LogP contribution is -2.37. The van der Waals surface area contributed by atoms with E-state index in [0.29, 0.717) is 12.0 Å². The maximum absolute atomic E-state index is 13.5. The zero-order valence-corrected chi connectivity index (χ0v) is 9.86. The van der Waals surface area contributed by atoms with Gasteiger partial charge in [-0.05, 0) is 23.6 Å². The molecular formula is C13H18FNO2. The molecule has 94 valence electrons. The quantitative estimate of drug-likeness (QED) is 0.856. The van der Waals surface area contributed by atoms with Crippen molar-refractivity contribution in [1.82, 2.24) is 4.90 Å². The van der Waals surface area contributed by atoms with Gasteiger partial charge < -0.3 is 9.84 Å². The molecule has 0 aromatic heterocycles. The third-order valence-corrected chi connectivity index (χ3v) is 3.09. The number of benzene rings is 1. The highest BCUT2D eigenvalue weighted by molar-refractivity contribution is 5.24. The molecule has 1 fully saturated rings. The Morgan fingerprint density at radius 3 is 2.76 bits per heavy atom. The zero-order chi connectivity index (χ0) is 12.1. The van der Waals surface area contributed by atoms with Crippen LogP contribution in [0.4, 0.5) is 4.39 Å². The van der Waals surface area contributed by atoms with Crippen molar-refractivity contribution in [3.63, 3.8) is 0 Å². The van der Waals surface area contributed by atoms with Crippen molar-refractivity contribution in [2.75, 3.05) is 32.8 Å². The average molecular weight is 239 g/mol. The number of nitrogens with zero attached hydrogens (tertiary/aromatic N) is 1. The van der Waals surface area contributed by atoms with Gasteiger partial charge in [-0.3, -0.25) is 4.90 Å². The zero-order valence-electron chi connectivity index (χ0n) is 9.86. The van der Waals surface area contributed by atoms with Crippen LogP contribution in [0.15, 0.2) is 18.2 Å². The Morgan fingerprint density at radius 1 is 1.29 bits per heavy atom. The second-order valence-electron chi connectivity index (χ2n) is 4.29. The second-order valence-corrected chi connectivity index (χ2v) is 4.29. The van der Waals surface area contributed by atoms with Crippen LogP contribution in [0, 0.1) is 5.82 Å². The van der Waals surface area contributed by atoms with Gasteiger partial charge in [-0.2, -0.15) is 0 Å². The van der Waals surface area contributed by atoms with Crippen molar-refractivity contribution in [3.05, 3.63) is 35.1 Å². The first-order valence-electron chi connectivity index (χ1n) is 5.98. The third-order valence-electron chi connectivity index (χ3n) is 3.09. The van der Waals surface area contributed by atoms with Crippen LogP contribution < -0.4 is 0 Å². The van der Waals surface area contributed by atoms with Gasteiger partial charge in [0.1, 0.15) is 5.82 Å². The maximum atomic E-state index is 13.5. The summed E-state index contributed by atoms with van der Waals surface area (Å²) in [7, 11) is 0. The van der Waals surface area contributed by atoms with Crippen molar-refractivity contribution in [3.8, 4) is 0 Å². The summed E-state index contributed by atoms with van der Waals surface area (Å²) in [5, 5.41) is 9.02. The summed E-state index contributed by atoms with van der Waals surface area (Å²) in [5.41, 5.74) is 1.45. The van der Waals surface area contributed by atoms with E-state index in [-0.39, 0.29) is 12.4 Å². The highest BCUT2D eigenvalue weighted by atomic mass is 19.1. The van der Waals surface area contributed by atoms with Gasteiger partial charge in [-0.15, -0.1) is 0 Å². The minimum atomic E-state index is -0.185. The van der Waals surface area contributed by atoms with Gasteiger partial charge in [0.2, 0.25) is 0 Å². The molecule has 2 rings (SSSR count). The Bertz CT molecular complexity index is 364. The van der Waals surface area contributed by atoms with Crippen LogP contribution in [-0.4, -0.2) is 42.9 Å². The Kier molecular flexibility index (Phi) is 4.48. The largest absolute Gasteiger partial charge is 0.392 e. The standard InChI is InChI=1S/C13H18FNO2/c14-13-2-1-11(10-16)9-12(13)3-4-15-5-7-17-8-6-15/h1-2,9,16H,3-8,10H2. The molecular weight excluding hydrogens is 221 g/mol. The maximum Gasteiger partial charge on any atom is 0.126 e. The van der Waals surface area contributed by atoms with Crippen LogP contribution in [0.5, 0.6) is 0 Å². The molecule has 0 bridgehead atoms. The summed E-state index contributed by atoms with van der Waals surface area (Å²) < 4.78 is 18.8. The molecule has 1 aromatic carbocycles. The topological polar surface area (TPSA) is 32.7 Å². The molecule has 4 heteroatoms. The average Bonchev–Trinajstić information content (AvgIpc) is 2.39. The van der Waals surface area contributed by atoms with Crippen LogP contribution in [0.1, 0.15) is 11.1 Å². The number of morpholine rings is 1. The molecule has 0 spiro atoms. The molecule has 0 radical (unpaired) electrons. The fourth-order valence-electron chi connectivity index (χ4n) is 2.02. The molecule has 1 saturated heterocycles. The van der Waals surface area contributed by atoms with Crippen molar-refractivity contribution in [2.45, 2.75) is 13.0 Å². The van der Waals surface area contributed by atoms with Gasteiger partial charge in [0.15, 0.2) is 0 Å². The van der Waals surface area contributed by atoms with E-state index in [4.69, 9.17) is 9.84 Å². The molecule has 1 aliphatic rings. The first-order valence-corrected chi connectivity index (χ1v) is 5.98. The normalized spacial score (nSPS) is 17.3. The Morgan fingerprint density at radius 2 is 2.06 bits per heavy atom. The van der Waals surface area contributed by atoms with Crippen molar-refractivity contribution >= 4 is 0 Å². The van der Waals surface area contributed by atoms with Crippen LogP contribution >= 0.6 is 0 Å². The summed E-state index contributed by atoms with van der Waals surface area (Å²) in [5.74, 6) is -0.185. The van der Waals surface area contributed by atoms with Crippen LogP contribution in [-0.2, 0) is 17.8 Å². The Hall–Kier alpha value is -0.970. The van der Waals surface area contributed by atoms with E-state index >= 15 is 0 Å². The van der Waals surface area contributed by atoms with E-state index < -0.39 is 0 Å². The van der Waals surface area contributed by atoms with Gasteiger partial charge in [0.25, 0.3) is 0 Å². The summed E-state index contributed by atoms with van der Waals surface area (Å²) in [6.07, 6.45) is 0.680. The molecule has 1 heterocycles. The summed E-state index contributed by atoms with van der Waals surface area (Å²) >= 11 is 0. The first kappa shape index (κ1) is 12.5. The molecule has 0 saturated carbocycles. The van der Waals surface area contributed by atoms with Crippen LogP contribution in [0.25, 0.3) is 0 Å². The molecule has 0 aliphatic carbocycles. The third kappa shape index (κ3) is 3.49. The van der Waals surface area contributed by atoms with Gasteiger partial charge in [-0.1, -0.05) is 12.1 Å². The number of halogens is 1. The first-order chi connectivity index (χ1) is 8.29. The van der Waals surface area contributed by atoms with Gasteiger partial charge >= 0.3 is 0 Å². The SMILES string of the molecule is OCc1ccc(F)c(CCN2CCOCC2)c1. The fraction of sp³-hybridized carbons (Fsp3) is 0.538. The number of hydrogen-bond acceptors (Lipinski definition) is 3. The lowest BCUT2D eigenvalue weighted by molar-refractivity contribution is 0.0383. The number of hydrogen-bond donors (Lipinski definition) is 1. The minimum Gasteiger partial charge on any atom is -0.392 e. The number of ether oxygens (including phenoxy) is 1. The van der Waals surface area contributed by atoms with Gasteiger partial charge in [-0.25, -0.2) is 4.39 Å². The Labute approximate surface area is 101 Å². The molecule has 1 aromatic rings. The molecule has 17 heavy (non-hydrogen) atoms. The lowest BCUT2D eigenvalue weighted by atomic mass is 10.1. The lowest BCUT2D eigenvalue weighted by Gasteiger charge is -2.26. The van der Waals surface area contributed by atoms with Crippen LogP contribution in [0.3, 0.4) is 0 Å². The highest BCUT2D eigenvalue weighted by Gasteiger charge is 2.11. The Balaban J connectivity index is 1.92.